The maximum Gasteiger partial charge on any atom is 0.128 e. The molecule has 0 saturated heterocycles. The van der Waals surface area contributed by atoms with Crippen LogP contribution in [0.15, 0.2) is 24.3 Å². The van der Waals surface area contributed by atoms with Crippen molar-refractivity contribution < 1.29 is 9.13 Å². The fourth-order valence-corrected chi connectivity index (χ4v) is 2.61. The lowest BCUT2D eigenvalue weighted by atomic mass is 9.93. The minimum atomic E-state index is -0.166. The molecule has 106 valence electrons. The first kappa shape index (κ1) is 14.5. The zero-order chi connectivity index (χ0) is 13.5. The first-order valence-electron chi connectivity index (χ1n) is 7.38. The summed E-state index contributed by atoms with van der Waals surface area (Å²) in [4.78, 5) is 0. The third kappa shape index (κ3) is 4.59. The average molecular weight is 265 g/mol. The Morgan fingerprint density at radius 2 is 1.95 bits per heavy atom. The molecule has 1 saturated carbocycles. The number of ether oxygens (including phenoxy) is 1. The molecule has 0 bridgehead atoms. The smallest absolute Gasteiger partial charge is 0.128 e. The molecule has 19 heavy (non-hydrogen) atoms. The SMILES string of the molecule is CCCNC1CCC(OCc2ccccc2F)CC1. The van der Waals surface area contributed by atoms with E-state index in [2.05, 4.69) is 12.2 Å². The van der Waals surface area contributed by atoms with Gasteiger partial charge in [-0.25, -0.2) is 4.39 Å². The number of nitrogens with one attached hydrogen (secondary N) is 1. The van der Waals surface area contributed by atoms with Crippen molar-refractivity contribution in [3.63, 3.8) is 0 Å². The average Bonchev–Trinajstić information content (AvgIpc) is 2.45. The standard InChI is InChI=1S/C16H24FNO/c1-2-11-18-14-7-9-15(10-8-14)19-12-13-5-3-4-6-16(13)17/h3-6,14-15,18H,2,7-12H2,1H3. The molecule has 2 rings (SSSR count). The van der Waals surface area contributed by atoms with Crippen LogP contribution in [0.2, 0.25) is 0 Å². The van der Waals surface area contributed by atoms with Gasteiger partial charge in [-0.1, -0.05) is 25.1 Å². The highest BCUT2D eigenvalue weighted by Gasteiger charge is 2.21. The molecular weight excluding hydrogens is 241 g/mol. The number of halogens is 1. The van der Waals surface area contributed by atoms with E-state index in [9.17, 15) is 4.39 Å². The fourth-order valence-electron chi connectivity index (χ4n) is 2.61. The van der Waals surface area contributed by atoms with Gasteiger partial charge in [0, 0.05) is 11.6 Å². The van der Waals surface area contributed by atoms with Gasteiger partial charge in [0.2, 0.25) is 0 Å². The molecule has 0 spiro atoms. The Balaban J connectivity index is 1.70. The summed E-state index contributed by atoms with van der Waals surface area (Å²) in [6.45, 7) is 3.69. The van der Waals surface area contributed by atoms with Crippen molar-refractivity contribution in [1.82, 2.24) is 5.32 Å². The highest BCUT2D eigenvalue weighted by atomic mass is 19.1. The quantitative estimate of drug-likeness (QED) is 0.847. The van der Waals surface area contributed by atoms with Crippen molar-refractivity contribution in [3.05, 3.63) is 35.6 Å². The molecule has 2 nitrogen and oxygen atoms in total. The summed E-state index contributed by atoms with van der Waals surface area (Å²) < 4.78 is 19.3. The van der Waals surface area contributed by atoms with Crippen LogP contribution in [0, 0.1) is 5.82 Å². The first-order chi connectivity index (χ1) is 9.29. The van der Waals surface area contributed by atoms with Gasteiger partial charge in [0.1, 0.15) is 5.82 Å². The zero-order valence-electron chi connectivity index (χ0n) is 11.7. The molecule has 1 N–H and O–H groups in total. The van der Waals surface area contributed by atoms with Gasteiger partial charge in [-0.2, -0.15) is 0 Å². The number of hydrogen-bond donors (Lipinski definition) is 1. The maximum absolute atomic E-state index is 13.5. The van der Waals surface area contributed by atoms with Crippen LogP contribution in [-0.4, -0.2) is 18.7 Å². The van der Waals surface area contributed by atoms with E-state index in [1.807, 2.05) is 6.07 Å². The van der Waals surface area contributed by atoms with Crippen LogP contribution in [0.3, 0.4) is 0 Å². The molecule has 1 aliphatic carbocycles. The zero-order valence-corrected chi connectivity index (χ0v) is 11.7. The van der Waals surface area contributed by atoms with Gasteiger partial charge >= 0.3 is 0 Å². The topological polar surface area (TPSA) is 21.3 Å². The molecule has 0 unspecified atom stereocenters. The molecule has 1 aliphatic rings. The number of hydrogen-bond acceptors (Lipinski definition) is 2. The molecule has 0 heterocycles. The largest absolute Gasteiger partial charge is 0.373 e. The van der Waals surface area contributed by atoms with Crippen molar-refractivity contribution in [3.8, 4) is 0 Å². The molecule has 0 atom stereocenters. The maximum atomic E-state index is 13.5. The van der Waals surface area contributed by atoms with E-state index in [0.29, 0.717) is 24.3 Å². The number of rotatable bonds is 6. The van der Waals surface area contributed by atoms with Gasteiger partial charge < -0.3 is 10.1 Å². The van der Waals surface area contributed by atoms with Crippen LogP contribution in [-0.2, 0) is 11.3 Å². The number of benzene rings is 1. The van der Waals surface area contributed by atoms with Gasteiger partial charge in [0.15, 0.2) is 0 Å². The van der Waals surface area contributed by atoms with E-state index in [4.69, 9.17) is 4.74 Å². The lowest BCUT2D eigenvalue weighted by molar-refractivity contribution is 0.0102. The van der Waals surface area contributed by atoms with Crippen LogP contribution in [0.4, 0.5) is 4.39 Å². The van der Waals surface area contributed by atoms with Gasteiger partial charge in [-0.05, 0) is 44.7 Å². The first-order valence-corrected chi connectivity index (χ1v) is 7.38. The molecule has 0 amide bonds. The Morgan fingerprint density at radius 1 is 1.21 bits per heavy atom. The predicted octanol–water partition coefficient (Wildman–Crippen LogP) is 3.65. The van der Waals surface area contributed by atoms with Crippen LogP contribution in [0.5, 0.6) is 0 Å². The molecule has 3 heteroatoms. The van der Waals surface area contributed by atoms with E-state index in [1.54, 1.807) is 12.1 Å². The molecule has 1 aromatic rings. The Morgan fingerprint density at radius 3 is 2.63 bits per heavy atom. The molecular formula is C16H24FNO. The second-order valence-electron chi connectivity index (χ2n) is 5.33. The van der Waals surface area contributed by atoms with E-state index in [-0.39, 0.29) is 5.82 Å². The summed E-state index contributed by atoms with van der Waals surface area (Å²) >= 11 is 0. The van der Waals surface area contributed by atoms with Crippen molar-refractivity contribution in [2.45, 2.75) is 57.8 Å². The summed E-state index contributed by atoms with van der Waals surface area (Å²) in [5.74, 6) is -0.166. The summed E-state index contributed by atoms with van der Waals surface area (Å²) in [7, 11) is 0. The lowest BCUT2D eigenvalue weighted by Gasteiger charge is -2.29. The van der Waals surface area contributed by atoms with Crippen LogP contribution in [0.1, 0.15) is 44.6 Å². The highest BCUT2D eigenvalue weighted by molar-refractivity contribution is 5.16. The molecule has 0 radical (unpaired) electrons. The molecule has 0 aliphatic heterocycles. The Labute approximate surface area is 115 Å². The van der Waals surface area contributed by atoms with Gasteiger partial charge in [0.05, 0.1) is 12.7 Å². The van der Waals surface area contributed by atoms with Gasteiger partial charge in [-0.15, -0.1) is 0 Å². The van der Waals surface area contributed by atoms with Crippen LogP contribution in [0.25, 0.3) is 0 Å². The van der Waals surface area contributed by atoms with Crippen molar-refractivity contribution in [2.24, 2.45) is 0 Å². The third-order valence-corrected chi connectivity index (χ3v) is 3.79. The minimum Gasteiger partial charge on any atom is -0.373 e. The summed E-state index contributed by atoms with van der Waals surface area (Å²) in [6.07, 6.45) is 5.97. The lowest BCUT2D eigenvalue weighted by Crippen LogP contribution is -2.35. The summed E-state index contributed by atoms with van der Waals surface area (Å²) in [5, 5.41) is 3.56. The monoisotopic (exact) mass is 265 g/mol. The Kier molecular flexibility index (Phi) is 5.80. The van der Waals surface area contributed by atoms with E-state index in [0.717, 1.165) is 19.4 Å². The minimum absolute atomic E-state index is 0.166. The predicted molar refractivity (Wildman–Crippen MR) is 75.5 cm³/mol. The molecule has 1 aromatic carbocycles. The third-order valence-electron chi connectivity index (χ3n) is 3.79. The van der Waals surface area contributed by atoms with Crippen molar-refractivity contribution >= 4 is 0 Å². The highest BCUT2D eigenvalue weighted by Crippen LogP contribution is 2.22. The van der Waals surface area contributed by atoms with E-state index >= 15 is 0 Å². The van der Waals surface area contributed by atoms with Crippen LogP contribution < -0.4 is 5.32 Å². The Bertz CT molecular complexity index is 375. The second-order valence-corrected chi connectivity index (χ2v) is 5.33. The summed E-state index contributed by atoms with van der Waals surface area (Å²) in [5.41, 5.74) is 0.661. The molecule has 0 aromatic heterocycles. The summed E-state index contributed by atoms with van der Waals surface area (Å²) in [6, 6.07) is 7.50. The van der Waals surface area contributed by atoms with Crippen molar-refractivity contribution in [1.29, 1.82) is 0 Å². The molecule has 1 fully saturated rings. The van der Waals surface area contributed by atoms with E-state index in [1.165, 1.54) is 25.3 Å². The van der Waals surface area contributed by atoms with Crippen LogP contribution >= 0.6 is 0 Å². The van der Waals surface area contributed by atoms with Gasteiger partial charge in [-0.3, -0.25) is 0 Å². The fraction of sp³-hybridized carbons (Fsp3) is 0.625. The second kappa shape index (κ2) is 7.61. The Hall–Kier alpha value is -0.930. The normalized spacial score (nSPS) is 23.5. The van der Waals surface area contributed by atoms with Gasteiger partial charge in [0.25, 0.3) is 0 Å². The van der Waals surface area contributed by atoms with Crippen molar-refractivity contribution in [2.75, 3.05) is 6.54 Å². The van der Waals surface area contributed by atoms with E-state index < -0.39 is 0 Å².